The number of fused-ring (bicyclic) bond motifs is 2. The summed E-state index contributed by atoms with van der Waals surface area (Å²) in [5, 5.41) is 30.8. The summed E-state index contributed by atoms with van der Waals surface area (Å²) < 4.78 is 1.64. The SMILES string of the molecule is CNC(=O)[C@@]12C[C@@H]1[C@@H](n1cnc3c(NCCc4ccccc4)nc(N=[N+]=[N-])nc31)[C@@H](O)C2O. The van der Waals surface area contributed by atoms with Crippen LogP contribution in [0.5, 0.6) is 0 Å². The average Bonchev–Trinajstić information content (AvgIpc) is 3.36. The number of carbonyl (C=O) groups excluding carboxylic acids is 1. The number of hydrogen-bond acceptors (Lipinski definition) is 8. The molecule has 5 rings (SSSR count). The van der Waals surface area contributed by atoms with Crippen LogP contribution < -0.4 is 10.6 Å². The molecule has 2 heterocycles. The number of rotatable bonds is 7. The van der Waals surface area contributed by atoms with Crippen molar-refractivity contribution < 1.29 is 15.0 Å². The number of aromatic nitrogens is 4. The van der Waals surface area contributed by atoms with Crippen LogP contribution in [0.15, 0.2) is 41.8 Å². The Hall–Kier alpha value is -3.73. The zero-order chi connectivity index (χ0) is 23.2. The summed E-state index contributed by atoms with van der Waals surface area (Å²) in [6, 6.07) is 9.34. The molecular formula is C21H23N9O3. The lowest BCUT2D eigenvalue weighted by atomic mass is 9.98. The molecule has 33 heavy (non-hydrogen) atoms. The van der Waals surface area contributed by atoms with Crippen LogP contribution in [0.3, 0.4) is 0 Å². The Kier molecular flexibility index (Phi) is 5.12. The highest BCUT2D eigenvalue weighted by Crippen LogP contribution is 2.67. The normalized spacial score (nSPS) is 27.6. The van der Waals surface area contributed by atoms with Gasteiger partial charge >= 0.3 is 0 Å². The molecule has 5 atom stereocenters. The maximum atomic E-state index is 12.4. The van der Waals surface area contributed by atoms with Crippen molar-refractivity contribution >= 4 is 28.8 Å². The Balaban J connectivity index is 1.49. The van der Waals surface area contributed by atoms with Gasteiger partial charge in [-0.2, -0.15) is 0 Å². The van der Waals surface area contributed by atoms with Crippen LogP contribution in [0.4, 0.5) is 11.8 Å². The van der Waals surface area contributed by atoms with Gasteiger partial charge in [-0.1, -0.05) is 30.3 Å². The summed E-state index contributed by atoms with van der Waals surface area (Å²) in [5.74, 6) is -0.250. The molecule has 0 bridgehead atoms. The number of amides is 1. The molecule has 2 fully saturated rings. The third kappa shape index (κ3) is 3.27. The van der Waals surface area contributed by atoms with Crippen LogP contribution in [0.1, 0.15) is 18.0 Å². The molecule has 2 aliphatic rings. The molecule has 12 nitrogen and oxygen atoms in total. The Labute approximate surface area is 188 Å². The number of nitrogens with one attached hydrogen (secondary N) is 2. The molecule has 1 aromatic carbocycles. The van der Waals surface area contributed by atoms with Crippen LogP contribution in [0.2, 0.25) is 0 Å². The molecule has 170 valence electrons. The number of hydrogen-bond donors (Lipinski definition) is 4. The van der Waals surface area contributed by atoms with E-state index in [9.17, 15) is 15.0 Å². The van der Waals surface area contributed by atoms with E-state index in [4.69, 9.17) is 5.53 Å². The first-order valence-corrected chi connectivity index (χ1v) is 10.7. The maximum absolute atomic E-state index is 12.4. The standard InChI is InChI=1S/C21H23N9O3/c1-23-19(33)21-9-12(21)14(15(31)16(21)32)30-10-25-13-17(26-20(28-29-22)27-18(13)30)24-8-7-11-5-3-2-4-6-11/h2-6,10,12,14-16,31-32H,7-9H2,1H3,(H,23,33)(H,24,26,27)/t12-,14-,15-,16?,21+/m1/s1. The quantitative estimate of drug-likeness (QED) is 0.240. The number of aliphatic hydroxyl groups excluding tert-OH is 2. The number of nitrogens with zero attached hydrogens (tertiary/aromatic N) is 7. The molecule has 2 aromatic heterocycles. The van der Waals surface area contributed by atoms with Gasteiger partial charge in [0.05, 0.1) is 23.9 Å². The van der Waals surface area contributed by atoms with Crippen molar-refractivity contribution in [3.8, 4) is 0 Å². The minimum absolute atomic E-state index is 0.0876. The second-order valence-electron chi connectivity index (χ2n) is 8.40. The van der Waals surface area contributed by atoms with E-state index in [1.54, 1.807) is 4.57 Å². The fraction of sp³-hybridized carbons (Fsp3) is 0.429. The molecule has 2 saturated carbocycles. The van der Waals surface area contributed by atoms with Crippen molar-refractivity contribution in [3.63, 3.8) is 0 Å². The molecule has 1 amide bonds. The van der Waals surface area contributed by atoms with E-state index in [1.807, 2.05) is 30.3 Å². The van der Waals surface area contributed by atoms with E-state index in [2.05, 4.69) is 35.6 Å². The van der Waals surface area contributed by atoms with Crippen LogP contribution in [-0.2, 0) is 11.2 Å². The fourth-order valence-corrected chi connectivity index (χ4v) is 5.09. The van der Waals surface area contributed by atoms with E-state index in [-0.39, 0.29) is 17.8 Å². The Morgan fingerprint density at radius 3 is 2.85 bits per heavy atom. The predicted octanol–water partition coefficient (Wildman–Crippen LogP) is 1.45. The minimum atomic E-state index is -1.20. The van der Waals surface area contributed by atoms with E-state index >= 15 is 0 Å². The molecule has 3 aromatic rings. The first kappa shape index (κ1) is 21.1. The van der Waals surface area contributed by atoms with E-state index in [0.29, 0.717) is 29.9 Å². The molecule has 0 saturated heterocycles. The summed E-state index contributed by atoms with van der Waals surface area (Å²) in [7, 11) is 1.51. The summed E-state index contributed by atoms with van der Waals surface area (Å²) in [6.45, 7) is 0.561. The van der Waals surface area contributed by atoms with Gasteiger partial charge in [0.15, 0.2) is 11.5 Å². The highest BCUT2D eigenvalue weighted by Gasteiger charge is 2.75. The molecule has 12 heteroatoms. The highest BCUT2D eigenvalue weighted by atomic mass is 16.3. The van der Waals surface area contributed by atoms with Crippen molar-refractivity contribution in [2.24, 2.45) is 16.4 Å². The van der Waals surface area contributed by atoms with Gasteiger partial charge in [0.1, 0.15) is 11.6 Å². The van der Waals surface area contributed by atoms with Crippen LogP contribution in [0.25, 0.3) is 21.6 Å². The van der Waals surface area contributed by atoms with Crippen molar-refractivity contribution in [2.75, 3.05) is 18.9 Å². The van der Waals surface area contributed by atoms with Crippen molar-refractivity contribution in [1.29, 1.82) is 0 Å². The number of aliphatic hydroxyl groups is 2. The second-order valence-corrected chi connectivity index (χ2v) is 8.40. The molecule has 0 radical (unpaired) electrons. The van der Waals surface area contributed by atoms with Gasteiger partial charge in [0, 0.05) is 24.4 Å². The lowest BCUT2D eigenvalue weighted by Crippen LogP contribution is -2.41. The first-order chi connectivity index (χ1) is 16.0. The van der Waals surface area contributed by atoms with Gasteiger partial charge < -0.3 is 25.4 Å². The fourth-order valence-electron chi connectivity index (χ4n) is 5.09. The van der Waals surface area contributed by atoms with E-state index in [1.165, 1.54) is 13.4 Å². The lowest BCUT2D eigenvalue weighted by Gasteiger charge is -2.23. The molecule has 0 aliphatic heterocycles. The van der Waals surface area contributed by atoms with Gasteiger partial charge in [0.2, 0.25) is 11.9 Å². The van der Waals surface area contributed by atoms with Crippen LogP contribution in [0, 0.1) is 11.3 Å². The van der Waals surface area contributed by atoms with Crippen molar-refractivity contribution in [3.05, 3.63) is 52.7 Å². The van der Waals surface area contributed by atoms with E-state index < -0.39 is 23.7 Å². The summed E-state index contributed by atoms with van der Waals surface area (Å²) in [4.78, 5) is 28.3. The number of imidazole rings is 1. The summed E-state index contributed by atoms with van der Waals surface area (Å²) in [5.41, 5.74) is 9.83. The Morgan fingerprint density at radius 2 is 2.12 bits per heavy atom. The maximum Gasteiger partial charge on any atom is 0.229 e. The third-order valence-corrected chi connectivity index (χ3v) is 6.74. The lowest BCUT2D eigenvalue weighted by molar-refractivity contribution is -0.132. The number of azide groups is 1. The second kappa shape index (κ2) is 8.00. The molecule has 2 aliphatic carbocycles. The van der Waals surface area contributed by atoms with Gasteiger partial charge in [-0.3, -0.25) is 4.79 Å². The van der Waals surface area contributed by atoms with Gasteiger partial charge in [-0.05, 0) is 29.1 Å². The average molecular weight is 449 g/mol. The first-order valence-electron chi connectivity index (χ1n) is 10.7. The zero-order valence-electron chi connectivity index (χ0n) is 17.8. The molecule has 1 unspecified atom stereocenters. The van der Waals surface area contributed by atoms with Crippen molar-refractivity contribution in [2.45, 2.75) is 31.1 Å². The highest BCUT2D eigenvalue weighted by molar-refractivity contribution is 5.88. The smallest absolute Gasteiger partial charge is 0.229 e. The van der Waals surface area contributed by atoms with E-state index in [0.717, 1.165) is 12.0 Å². The van der Waals surface area contributed by atoms with Crippen LogP contribution in [-0.4, -0.2) is 61.4 Å². The molecule has 0 spiro atoms. The number of benzene rings is 1. The minimum Gasteiger partial charge on any atom is -0.389 e. The monoisotopic (exact) mass is 449 g/mol. The topological polar surface area (TPSA) is 174 Å². The summed E-state index contributed by atoms with van der Waals surface area (Å²) >= 11 is 0. The molecular weight excluding hydrogens is 426 g/mol. The predicted molar refractivity (Wildman–Crippen MR) is 118 cm³/mol. The van der Waals surface area contributed by atoms with Crippen molar-refractivity contribution in [1.82, 2.24) is 24.8 Å². The molecule has 4 N–H and O–H groups in total. The number of anilines is 1. The van der Waals surface area contributed by atoms with Gasteiger partial charge in [-0.25, -0.2) is 15.0 Å². The largest absolute Gasteiger partial charge is 0.389 e. The summed E-state index contributed by atoms with van der Waals surface area (Å²) in [6.07, 6.45) is 0.331. The third-order valence-electron chi connectivity index (χ3n) is 6.74. The Bertz CT molecular complexity index is 1260. The Morgan fingerprint density at radius 1 is 1.33 bits per heavy atom. The van der Waals surface area contributed by atoms with Gasteiger partial charge in [-0.15, -0.1) is 0 Å². The van der Waals surface area contributed by atoms with Crippen LogP contribution >= 0.6 is 0 Å². The number of carbonyl (C=O) groups is 1. The van der Waals surface area contributed by atoms with Gasteiger partial charge in [0.25, 0.3) is 0 Å². The zero-order valence-corrected chi connectivity index (χ0v) is 17.8.